The molecule has 24 heavy (non-hydrogen) atoms. The van der Waals surface area contributed by atoms with Gasteiger partial charge in [0.15, 0.2) is 0 Å². The van der Waals surface area contributed by atoms with Gasteiger partial charge in [-0.1, -0.05) is 27.5 Å². The SMILES string of the molecule is O=C(Nc1cc(N2CCCC2=O)ccc1Cl)c1ccc(Br)cc1F. The molecule has 1 aliphatic heterocycles. The van der Waals surface area contributed by atoms with Crippen LogP contribution in [0.1, 0.15) is 23.2 Å². The fourth-order valence-corrected chi connectivity index (χ4v) is 3.06. The van der Waals surface area contributed by atoms with Gasteiger partial charge in [-0.2, -0.15) is 0 Å². The highest BCUT2D eigenvalue weighted by atomic mass is 79.9. The lowest BCUT2D eigenvalue weighted by molar-refractivity contribution is -0.117. The van der Waals surface area contributed by atoms with Gasteiger partial charge in [-0.15, -0.1) is 0 Å². The number of anilines is 2. The van der Waals surface area contributed by atoms with Crippen LogP contribution in [0, 0.1) is 5.82 Å². The second kappa shape index (κ2) is 6.91. The Kier molecular flexibility index (Phi) is 4.87. The van der Waals surface area contributed by atoms with Gasteiger partial charge >= 0.3 is 0 Å². The van der Waals surface area contributed by atoms with Crippen molar-refractivity contribution >= 4 is 50.7 Å². The summed E-state index contributed by atoms with van der Waals surface area (Å²) in [5.74, 6) is -1.20. The molecule has 1 fully saturated rings. The van der Waals surface area contributed by atoms with Gasteiger partial charge in [0.25, 0.3) is 5.91 Å². The van der Waals surface area contributed by atoms with Crippen LogP contribution in [0.5, 0.6) is 0 Å². The van der Waals surface area contributed by atoms with Gasteiger partial charge in [-0.3, -0.25) is 9.59 Å². The summed E-state index contributed by atoms with van der Waals surface area (Å²) in [6.07, 6.45) is 1.31. The van der Waals surface area contributed by atoms with Gasteiger partial charge in [0.1, 0.15) is 5.82 Å². The van der Waals surface area contributed by atoms with Crippen molar-refractivity contribution in [3.05, 3.63) is 57.3 Å². The maximum absolute atomic E-state index is 13.9. The third kappa shape index (κ3) is 3.44. The van der Waals surface area contributed by atoms with Crippen molar-refractivity contribution in [2.75, 3.05) is 16.8 Å². The molecule has 1 N–H and O–H groups in total. The lowest BCUT2D eigenvalue weighted by Crippen LogP contribution is -2.24. The number of nitrogens with zero attached hydrogens (tertiary/aromatic N) is 1. The van der Waals surface area contributed by atoms with E-state index < -0.39 is 11.7 Å². The predicted molar refractivity (Wildman–Crippen MR) is 95.1 cm³/mol. The van der Waals surface area contributed by atoms with Crippen LogP contribution in [0.3, 0.4) is 0 Å². The summed E-state index contributed by atoms with van der Waals surface area (Å²) >= 11 is 9.26. The van der Waals surface area contributed by atoms with E-state index in [-0.39, 0.29) is 11.5 Å². The second-order valence-corrected chi connectivity index (χ2v) is 6.71. The molecule has 2 aromatic carbocycles. The van der Waals surface area contributed by atoms with Gasteiger partial charge in [0.2, 0.25) is 5.91 Å². The Hall–Kier alpha value is -1.92. The lowest BCUT2D eigenvalue weighted by Gasteiger charge is -2.17. The van der Waals surface area contributed by atoms with Gasteiger partial charge in [0.05, 0.1) is 16.3 Å². The first kappa shape index (κ1) is 16.9. The number of benzene rings is 2. The van der Waals surface area contributed by atoms with Crippen LogP contribution in [0.4, 0.5) is 15.8 Å². The Labute approximate surface area is 151 Å². The number of amides is 2. The van der Waals surface area contributed by atoms with Crippen molar-refractivity contribution in [2.24, 2.45) is 0 Å². The normalized spacial score (nSPS) is 14.1. The summed E-state index contributed by atoms with van der Waals surface area (Å²) in [4.78, 5) is 25.8. The maximum atomic E-state index is 13.9. The molecule has 0 saturated carbocycles. The minimum Gasteiger partial charge on any atom is -0.320 e. The molecule has 0 atom stereocenters. The van der Waals surface area contributed by atoms with Crippen molar-refractivity contribution in [3.63, 3.8) is 0 Å². The highest BCUT2D eigenvalue weighted by Gasteiger charge is 2.22. The smallest absolute Gasteiger partial charge is 0.258 e. The van der Waals surface area contributed by atoms with Crippen LogP contribution in [0.15, 0.2) is 40.9 Å². The fourth-order valence-electron chi connectivity index (χ4n) is 2.56. The third-order valence-electron chi connectivity index (χ3n) is 3.76. The zero-order valence-corrected chi connectivity index (χ0v) is 14.8. The Bertz CT molecular complexity index is 828. The monoisotopic (exact) mass is 410 g/mol. The number of halogens is 3. The van der Waals surface area contributed by atoms with E-state index in [1.54, 1.807) is 29.2 Å². The summed E-state index contributed by atoms with van der Waals surface area (Å²) in [5.41, 5.74) is 0.909. The van der Waals surface area contributed by atoms with Crippen LogP contribution < -0.4 is 10.2 Å². The molecule has 0 spiro atoms. The number of carbonyl (C=O) groups is 2. The summed E-state index contributed by atoms with van der Waals surface area (Å²) < 4.78 is 14.4. The highest BCUT2D eigenvalue weighted by molar-refractivity contribution is 9.10. The third-order valence-corrected chi connectivity index (χ3v) is 4.58. The molecular weight excluding hydrogens is 399 g/mol. The van der Waals surface area contributed by atoms with Crippen molar-refractivity contribution in [1.29, 1.82) is 0 Å². The van der Waals surface area contributed by atoms with Crippen molar-refractivity contribution in [3.8, 4) is 0 Å². The lowest BCUT2D eigenvalue weighted by atomic mass is 10.2. The molecule has 2 amide bonds. The van der Waals surface area contributed by atoms with E-state index in [0.29, 0.717) is 33.8 Å². The molecule has 1 heterocycles. The molecule has 0 bridgehead atoms. The Balaban J connectivity index is 1.86. The summed E-state index contributed by atoms with van der Waals surface area (Å²) in [6.45, 7) is 0.634. The van der Waals surface area contributed by atoms with E-state index in [1.807, 2.05) is 0 Å². The van der Waals surface area contributed by atoms with Gasteiger partial charge in [0, 0.05) is 23.1 Å². The minimum atomic E-state index is -0.635. The van der Waals surface area contributed by atoms with E-state index >= 15 is 0 Å². The van der Waals surface area contributed by atoms with Crippen LogP contribution in [-0.2, 0) is 4.79 Å². The van der Waals surface area contributed by atoms with Gasteiger partial charge in [-0.25, -0.2) is 4.39 Å². The highest BCUT2D eigenvalue weighted by Crippen LogP contribution is 2.30. The molecule has 124 valence electrons. The largest absolute Gasteiger partial charge is 0.320 e. The van der Waals surface area contributed by atoms with Crippen LogP contribution in [0.25, 0.3) is 0 Å². The van der Waals surface area contributed by atoms with Gasteiger partial charge in [-0.05, 0) is 42.8 Å². The Morgan fingerprint density at radius 1 is 1.25 bits per heavy atom. The number of carbonyl (C=O) groups excluding carboxylic acids is 2. The Morgan fingerprint density at radius 3 is 2.71 bits per heavy atom. The molecule has 0 unspecified atom stereocenters. The van der Waals surface area contributed by atoms with Crippen molar-refractivity contribution in [1.82, 2.24) is 0 Å². The zero-order chi connectivity index (χ0) is 17.3. The minimum absolute atomic E-state index is 0.0357. The topological polar surface area (TPSA) is 49.4 Å². The van der Waals surface area contributed by atoms with E-state index in [4.69, 9.17) is 11.6 Å². The second-order valence-electron chi connectivity index (χ2n) is 5.39. The van der Waals surface area contributed by atoms with Crippen LogP contribution in [-0.4, -0.2) is 18.4 Å². The zero-order valence-electron chi connectivity index (χ0n) is 12.5. The summed E-state index contributed by atoms with van der Waals surface area (Å²) in [5, 5.41) is 2.92. The molecule has 0 aromatic heterocycles. The molecule has 1 saturated heterocycles. The molecule has 1 aliphatic rings. The number of rotatable bonds is 3. The quantitative estimate of drug-likeness (QED) is 0.801. The summed E-state index contributed by atoms with van der Waals surface area (Å²) in [6, 6.07) is 9.14. The standard InChI is InChI=1S/C17H13BrClFN2O2/c18-10-3-5-12(14(20)8-10)17(24)21-15-9-11(4-6-13(15)19)22-7-1-2-16(22)23/h3-6,8-9H,1-2,7H2,(H,21,24). The van der Waals surface area contributed by atoms with E-state index in [1.165, 1.54) is 12.1 Å². The number of hydrogen-bond donors (Lipinski definition) is 1. The van der Waals surface area contributed by atoms with E-state index in [2.05, 4.69) is 21.2 Å². The number of nitrogens with one attached hydrogen (secondary N) is 1. The first-order chi connectivity index (χ1) is 11.5. The molecule has 3 rings (SSSR count). The van der Waals surface area contributed by atoms with E-state index in [0.717, 1.165) is 6.42 Å². The molecule has 2 aromatic rings. The Morgan fingerprint density at radius 2 is 2.04 bits per heavy atom. The van der Waals surface area contributed by atoms with E-state index in [9.17, 15) is 14.0 Å². The first-order valence-corrected chi connectivity index (χ1v) is 8.49. The summed E-state index contributed by atoms with van der Waals surface area (Å²) in [7, 11) is 0. The average molecular weight is 412 g/mol. The molecule has 0 radical (unpaired) electrons. The first-order valence-electron chi connectivity index (χ1n) is 7.32. The fraction of sp³-hybridized carbons (Fsp3) is 0.176. The molecule has 0 aliphatic carbocycles. The van der Waals surface area contributed by atoms with Crippen LogP contribution in [0.2, 0.25) is 5.02 Å². The average Bonchev–Trinajstić information content (AvgIpc) is 2.95. The maximum Gasteiger partial charge on any atom is 0.258 e. The predicted octanol–water partition coefficient (Wildman–Crippen LogP) is 4.62. The molecule has 7 heteroatoms. The molecular formula is C17H13BrClFN2O2. The number of hydrogen-bond acceptors (Lipinski definition) is 2. The van der Waals surface area contributed by atoms with Crippen LogP contribution >= 0.6 is 27.5 Å². The van der Waals surface area contributed by atoms with Crippen molar-refractivity contribution < 1.29 is 14.0 Å². The van der Waals surface area contributed by atoms with Crippen molar-refractivity contribution in [2.45, 2.75) is 12.8 Å². The molecule has 4 nitrogen and oxygen atoms in total. The van der Waals surface area contributed by atoms with Gasteiger partial charge < -0.3 is 10.2 Å².